The van der Waals surface area contributed by atoms with Crippen molar-refractivity contribution in [2.45, 2.75) is 26.3 Å². The third kappa shape index (κ3) is 3.74. The number of carbonyl (C=O) groups is 1. The summed E-state index contributed by atoms with van der Waals surface area (Å²) in [5.74, 6) is 1.16. The van der Waals surface area contributed by atoms with E-state index in [-0.39, 0.29) is 18.6 Å². The molecule has 0 aliphatic carbocycles. The maximum atomic E-state index is 12.0. The molecule has 0 fully saturated rings. The zero-order chi connectivity index (χ0) is 12.8. The molecule has 0 saturated heterocycles. The molecule has 5 nitrogen and oxygen atoms in total. The third-order valence-corrected chi connectivity index (χ3v) is 3.13. The van der Waals surface area contributed by atoms with Crippen molar-refractivity contribution in [3.63, 3.8) is 0 Å². The van der Waals surface area contributed by atoms with Crippen LogP contribution in [0.5, 0.6) is 0 Å². The molecule has 0 aliphatic rings. The number of aliphatic hydroxyl groups is 1. The van der Waals surface area contributed by atoms with Gasteiger partial charge in [-0.05, 0) is 32.3 Å². The molecule has 6 heteroatoms. The van der Waals surface area contributed by atoms with Gasteiger partial charge >= 0.3 is 0 Å². The number of aromatic nitrogens is 1. The quantitative estimate of drug-likeness (QED) is 0.800. The second kappa shape index (κ2) is 6.66. The number of nitrogens with zero attached hydrogens (tertiary/aromatic N) is 1. The van der Waals surface area contributed by atoms with Gasteiger partial charge in [0.1, 0.15) is 11.3 Å². The average Bonchev–Trinajstić information content (AvgIpc) is 2.64. The van der Waals surface area contributed by atoms with Crippen molar-refractivity contribution in [3.05, 3.63) is 17.0 Å². The highest BCUT2D eigenvalue weighted by Crippen LogP contribution is 2.12. The lowest BCUT2D eigenvalue weighted by Gasteiger charge is -2.15. The van der Waals surface area contributed by atoms with Gasteiger partial charge in [0.15, 0.2) is 0 Å². The van der Waals surface area contributed by atoms with Crippen molar-refractivity contribution in [2.24, 2.45) is 0 Å². The molecule has 1 atom stereocenters. The van der Waals surface area contributed by atoms with E-state index in [4.69, 9.17) is 4.52 Å². The van der Waals surface area contributed by atoms with E-state index in [1.807, 2.05) is 6.26 Å². The molecule has 1 amide bonds. The zero-order valence-electron chi connectivity index (χ0n) is 10.3. The Labute approximate surface area is 105 Å². The molecule has 1 rings (SSSR count). The number of hydrogen-bond acceptors (Lipinski definition) is 5. The molecule has 0 bridgehead atoms. The fourth-order valence-electron chi connectivity index (χ4n) is 1.53. The van der Waals surface area contributed by atoms with Gasteiger partial charge in [-0.2, -0.15) is 11.8 Å². The lowest BCUT2D eigenvalue weighted by atomic mass is 10.1. The van der Waals surface area contributed by atoms with E-state index in [0.717, 1.165) is 12.2 Å². The summed E-state index contributed by atoms with van der Waals surface area (Å²) in [6.07, 6.45) is 2.73. The summed E-state index contributed by atoms with van der Waals surface area (Å²) in [5, 5.41) is 15.7. The van der Waals surface area contributed by atoms with Crippen molar-refractivity contribution < 1.29 is 14.4 Å². The standard InChI is InChI=1S/C11H18N2O3S/c1-7-10(8(2)16-13-7)11(15)12-9(6-14)4-5-17-3/h9,14H,4-6H2,1-3H3,(H,12,15)/t9-/m0/s1. The summed E-state index contributed by atoms with van der Waals surface area (Å²) in [6.45, 7) is 3.36. The molecule has 0 aliphatic heterocycles. The third-order valence-electron chi connectivity index (χ3n) is 2.49. The van der Waals surface area contributed by atoms with Crippen LogP contribution in [0.3, 0.4) is 0 Å². The first-order valence-corrected chi connectivity index (χ1v) is 6.83. The van der Waals surface area contributed by atoms with Crippen LogP contribution in [-0.4, -0.2) is 40.8 Å². The Morgan fingerprint density at radius 1 is 1.59 bits per heavy atom. The van der Waals surface area contributed by atoms with E-state index in [1.54, 1.807) is 25.6 Å². The van der Waals surface area contributed by atoms with Crippen molar-refractivity contribution in [1.82, 2.24) is 10.5 Å². The van der Waals surface area contributed by atoms with E-state index < -0.39 is 0 Å². The first-order chi connectivity index (χ1) is 8.10. The van der Waals surface area contributed by atoms with Gasteiger partial charge in [-0.1, -0.05) is 5.16 Å². The largest absolute Gasteiger partial charge is 0.394 e. The van der Waals surface area contributed by atoms with Crippen LogP contribution in [0.4, 0.5) is 0 Å². The number of nitrogens with one attached hydrogen (secondary N) is 1. The summed E-state index contributed by atoms with van der Waals surface area (Å²) in [7, 11) is 0. The van der Waals surface area contributed by atoms with E-state index in [2.05, 4.69) is 10.5 Å². The molecule has 1 aromatic rings. The van der Waals surface area contributed by atoms with Gasteiger partial charge in [0.2, 0.25) is 0 Å². The summed E-state index contributed by atoms with van der Waals surface area (Å²) < 4.78 is 4.94. The molecule has 0 saturated carbocycles. The van der Waals surface area contributed by atoms with Crippen molar-refractivity contribution in [1.29, 1.82) is 0 Å². The molecular formula is C11H18N2O3S. The predicted octanol–water partition coefficient (Wildman–Crippen LogP) is 1.14. The fourth-order valence-corrected chi connectivity index (χ4v) is 2.05. The van der Waals surface area contributed by atoms with Gasteiger partial charge in [-0.3, -0.25) is 4.79 Å². The van der Waals surface area contributed by atoms with Crippen molar-refractivity contribution in [2.75, 3.05) is 18.6 Å². The van der Waals surface area contributed by atoms with Crippen LogP contribution in [0.25, 0.3) is 0 Å². The van der Waals surface area contributed by atoms with Crippen LogP contribution in [0.1, 0.15) is 28.2 Å². The number of carbonyl (C=O) groups excluding carboxylic acids is 1. The number of thioether (sulfide) groups is 1. The molecule has 0 aromatic carbocycles. The molecule has 0 unspecified atom stereocenters. The van der Waals surface area contributed by atoms with Gasteiger partial charge in [0.05, 0.1) is 18.3 Å². The zero-order valence-corrected chi connectivity index (χ0v) is 11.1. The minimum atomic E-state index is -0.235. The summed E-state index contributed by atoms with van der Waals surface area (Å²) in [5.41, 5.74) is 1.04. The minimum absolute atomic E-state index is 0.0598. The number of aliphatic hydroxyl groups excluding tert-OH is 1. The summed E-state index contributed by atoms with van der Waals surface area (Å²) >= 11 is 1.68. The van der Waals surface area contributed by atoms with Crippen molar-refractivity contribution in [3.8, 4) is 0 Å². The van der Waals surface area contributed by atoms with Gasteiger partial charge in [0, 0.05) is 0 Å². The van der Waals surface area contributed by atoms with Gasteiger partial charge in [-0.15, -0.1) is 0 Å². The molecule has 0 radical (unpaired) electrons. The Morgan fingerprint density at radius 3 is 2.76 bits per heavy atom. The van der Waals surface area contributed by atoms with Crippen LogP contribution >= 0.6 is 11.8 Å². The monoisotopic (exact) mass is 258 g/mol. The SMILES string of the molecule is CSCC[C@@H](CO)NC(=O)c1c(C)noc1C. The van der Waals surface area contributed by atoms with Crippen LogP contribution in [0, 0.1) is 13.8 Å². The second-order valence-electron chi connectivity index (χ2n) is 3.83. The van der Waals surface area contributed by atoms with Crippen LogP contribution in [0.2, 0.25) is 0 Å². The van der Waals surface area contributed by atoms with Gasteiger partial charge in [0.25, 0.3) is 5.91 Å². The number of hydrogen-bond donors (Lipinski definition) is 2. The molecule has 17 heavy (non-hydrogen) atoms. The lowest BCUT2D eigenvalue weighted by molar-refractivity contribution is 0.0913. The topological polar surface area (TPSA) is 75.4 Å². The van der Waals surface area contributed by atoms with E-state index in [9.17, 15) is 9.90 Å². The van der Waals surface area contributed by atoms with Crippen LogP contribution in [-0.2, 0) is 0 Å². The Balaban J connectivity index is 2.64. The summed E-state index contributed by atoms with van der Waals surface area (Å²) in [4.78, 5) is 12.0. The minimum Gasteiger partial charge on any atom is -0.394 e. The van der Waals surface area contributed by atoms with Gasteiger partial charge < -0.3 is 14.9 Å². The van der Waals surface area contributed by atoms with E-state index >= 15 is 0 Å². The first kappa shape index (κ1) is 14.1. The number of amides is 1. The normalized spacial score (nSPS) is 12.5. The maximum absolute atomic E-state index is 12.0. The van der Waals surface area contributed by atoms with E-state index in [1.165, 1.54) is 0 Å². The van der Waals surface area contributed by atoms with Crippen molar-refractivity contribution >= 4 is 17.7 Å². The first-order valence-electron chi connectivity index (χ1n) is 5.43. The molecule has 96 valence electrons. The lowest BCUT2D eigenvalue weighted by Crippen LogP contribution is -2.38. The molecule has 1 aromatic heterocycles. The molecular weight excluding hydrogens is 240 g/mol. The number of rotatable bonds is 6. The molecule has 1 heterocycles. The Hall–Kier alpha value is -1.01. The average molecular weight is 258 g/mol. The highest BCUT2D eigenvalue weighted by Gasteiger charge is 2.20. The molecule has 2 N–H and O–H groups in total. The highest BCUT2D eigenvalue weighted by atomic mass is 32.2. The van der Waals surface area contributed by atoms with E-state index in [0.29, 0.717) is 17.0 Å². The van der Waals surface area contributed by atoms with Gasteiger partial charge in [-0.25, -0.2) is 0 Å². The Kier molecular flexibility index (Phi) is 5.50. The maximum Gasteiger partial charge on any atom is 0.257 e. The summed E-state index contributed by atoms with van der Waals surface area (Å²) in [6, 6.07) is -0.219. The highest BCUT2D eigenvalue weighted by molar-refractivity contribution is 7.98. The predicted molar refractivity (Wildman–Crippen MR) is 67.3 cm³/mol. The smallest absolute Gasteiger partial charge is 0.257 e. The van der Waals surface area contributed by atoms with Crippen LogP contribution < -0.4 is 5.32 Å². The molecule has 0 spiro atoms. The fraction of sp³-hybridized carbons (Fsp3) is 0.636. The van der Waals surface area contributed by atoms with Crippen LogP contribution in [0.15, 0.2) is 4.52 Å². The Morgan fingerprint density at radius 2 is 2.29 bits per heavy atom. The Bertz CT molecular complexity index is 359. The number of aryl methyl sites for hydroxylation is 2. The second-order valence-corrected chi connectivity index (χ2v) is 4.82.